The number of Topliss-reactive ketones (excluding diaryl/α,β-unsaturated/α-hetero) is 1. The number of nitrogen functional groups attached to an aromatic ring is 1. The molecule has 3 heterocycles. The van der Waals surface area contributed by atoms with Gasteiger partial charge in [0, 0.05) is 11.8 Å². The zero-order valence-electron chi connectivity index (χ0n) is 14.1. The van der Waals surface area contributed by atoms with Crippen molar-refractivity contribution in [3.63, 3.8) is 0 Å². The summed E-state index contributed by atoms with van der Waals surface area (Å²) in [6.45, 7) is 0. The van der Waals surface area contributed by atoms with Gasteiger partial charge in [-0.1, -0.05) is 18.2 Å². The van der Waals surface area contributed by atoms with E-state index in [2.05, 4.69) is 0 Å². The third kappa shape index (κ3) is 3.09. The minimum absolute atomic E-state index is 0.00772. The number of methoxy groups -OCH3 is 1. The number of nitrogens with zero attached hydrogens (tertiary/aromatic N) is 1. The number of fused-ring (bicyclic) bond motifs is 1. The number of ketones is 1. The van der Waals surface area contributed by atoms with Gasteiger partial charge >= 0.3 is 0 Å². The predicted molar refractivity (Wildman–Crippen MR) is 108 cm³/mol. The molecule has 3 aromatic heterocycles. The number of carbonyl (C=O) groups excluding carboxylic acids is 1. The Morgan fingerprint density at radius 2 is 1.96 bits per heavy atom. The van der Waals surface area contributed by atoms with E-state index in [1.54, 1.807) is 18.4 Å². The molecule has 4 aromatic rings. The number of aromatic nitrogens is 1. The van der Waals surface area contributed by atoms with Crippen LogP contribution < -0.4 is 10.5 Å². The summed E-state index contributed by atoms with van der Waals surface area (Å²) < 4.78 is 5.15. The van der Waals surface area contributed by atoms with E-state index in [0.29, 0.717) is 17.0 Å². The summed E-state index contributed by atoms with van der Waals surface area (Å²) in [4.78, 5) is 19.9. The van der Waals surface area contributed by atoms with E-state index in [1.807, 2.05) is 53.9 Å². The van der Waals surface area contributed by atoms with Crippen LogP contribution in [0.25, 0.3) is 20.8 Å². The zero-order valence-corrected chi connectivity index (χ0v) is 15.7. The van der Waals surface area contributed by atoms with Gasteiger partial charge in [-0.3, -0.25) is 4.79 Å². The Kier molecular flexibility index (Phi) is 4.44. The highest BCUT2D eigenvalue weighted by molar-refractivity contribution is 7.21. The van der Waals surface area contributed by atoms with E-state index in [9.17, 15) is 4.79 Å². The minimum atomic E-state index is 0.00772. The Labute approximate surface area is 158 Å². The average Bonchev–Trinajstić information content (AvgIpc) is 3.30. The number of anilines is 1. The van der Waals surface area contributed by atoms with Crippen LogP contribution in [0.3, 0.4) is 0 Å². The second-order valence-electron chi connectivity index (χ2n) is 5.82. The fourth-order valence-corrected chi connectivity index (χ4v) is 4.50. The fraction of sp³-hybridized carbons (Fsp3) is 0.100. The van der Waals surface area contributed by atoms with Crippen molar-refractivity contribution in [2.45, 2.75) is 6.42 Å². The molecule has 0 saturated carbocycles. The molecular weight excluding hydrogens is 364 g/mol. The number of hydrogen-bond acceptors (Lipinski definition) is 6. The van der Waals surface area contributed by atoms with Gasteiger partial charge in [-0.15, -0.1) is 22.7 Å². The summed E-state index contributed by atoms with van der Waals surface area (Å²) in [5, 5.41) is 2.86. The van der Waals surface area contributed by atoms with Gasteiger partial charge in [0.15, 0.2) is 5.78 Å². The second kappa shape index (κ2) is 6.90. The van der Waals surface area contributed by atoms with Crippen molar-refractivity contribution in [3.05, 3.63) is 64.4 Å². The zero-order chi connectivity index (χ0) is 18.1. The number of nitrogens with two attached hydrogens (primary N) is 1. The molecule has 4 nitrogen and oxygen atoms in total. The highest BCUT2D eigenvalue weighted by atomic mass is 32.1. The van der Waals surface area contributed by atoms with Crippen molar-refractivity contribution in [2.75, 3.05) is 12.8 Å². The van der Waals surface area contributed by atoms with Crippen LogP contribution in [0.1, 0.15) is 15.2 Å². The lowest BCUT2D eigenvalue weighted by molar-refractivity contribution is 0.0997. The number of rotatable bonds is 5. The van der Waals surface area contributed by atoms with Gasteiger partial charge in [0.1, 0.15) is 10.6 Å². The monoisotopic (exact) mass is 380 g/mol. The number of hydrogen-bond donors (Lipinski definition) is 1. The molecule has 0 fully saturated rings. The van der Waals surface area contributed by atoms with Crippen molar-refractivity contribution in [2.24, 2.45) is 0 Å². The molecule has 0 aliphatic rings. The Hall–Kier alpha value is -2.70. The van der Waals surface area contributed by atoms with E-state index < -0.39 is 0 Å². The summed E-state index contributed by atoms with van der Waals surface area (Å²) in [5.41, 5.74) is 8.60. The van der Waals surface area contributed by atoms with E-state index in [1.165, 1.54) is 11.3 Å². The van der Waals surface area contributed by atoms with Gasteiger partial charge in [0.05, 0.1) is 28.2 Å². The summed E-state index contributed by atoms with van der Waals surface area (Å²) in [7, 11) is 1.62. The standard InChI is InChI=1S/C20H16N2O2S2/c1-24-13-6-4-12(5-7-13)11-16(23)19-18(21)14-8-9-15(22-20(14)26-19)17-3-2-10-25-17/h2-10H,11,21H2,1H3. The van der Waals surface area contributed by atoms with Crippen molar-refractivity contribution >= 4 is 44.4 Å². The number of carbonyl (C=O) groups is 1. The normalized spacial score (nSPS) is 11.0. The summed E-state index contributed by atoms with van der Waals surface area (Å²) in [6.07, 6.45) is 0.304. The van der Waals surface area contributed by atoms with Crippen LogP contribution in [0.5, 0.6) is 5.75 Å². The molecule has 0 amide bonds. The molecule has 0 atom stereocenters. The smallest absolute Gasteiger partial charge is 0.179 e. The highest BCUT2D eigenvalue weighted by Gasteiger charge is 2.18. The average molecular weight is 380 g/mol. The maximum Gasteiger partial charge on any atom is 0.179 e. The molecule has 0 aliphatic heterocycles. The number of pyridine rings is 1. The Morgan fingerprint density at radius 3 is 2.65 bits per heavy atom. The topological polar surface area (TPSA) is 65.2 Å². The van der Waals surface area contributed by atoms with Gasteiger partial charge < -0.3 is 10.5 Å². The third-order valence-electron chi connectivity index (χ3n) is 4.14. The van der Waals surface area contributed by atoms with Crippen LogP contribution in [0.2, 0.25) is 0 Å². The lowest BCUT2D eigenvalue weighted by Crippen LogP contribution is -2.04. The van der Waals surface area contributed by atoms with E-state index in [-0.39, 0.29) is 5.78 Å². The SMILES string of the molecule is COc1ccc(CC(=O)c2sc3nc(-c4cccs4)ccc3c2N)cc1. The van der Waals surface area contributed by atoms with Gasteiger partial charge in [-0.05, 0) is 41.3 Å². The molecule has 6 heteroatoms. The largest absolute Gasteiger partial charge is 0.497 e. The van der Waals surface area contributed by atoms with Crippen LogP contribution in [0, 0.1) is 0 Å². The van der Waals surface area contributed by atoms with E-state index in [0.717, 1.165) is 32.1 Å². The molecular formula is C20H16N2O2S2. The quantitative estimate of drug-likeness (QED) is 0.493. The maximum atomic E-state index is 12.7. The third-order valence-corrected chi connectivity index (χ3v) is 6.19. The maximum absolute atomic E-state index is 12.7. The first-order valence-corrected chi connectivity index (χ1v) is 9.74. The molecule has 0 bridgehead atoms. The molecule has 0 radical (unpaired) electrons. The van der Waals surface area contributed by atoms with Crippen LogP contribution in [0.15, 0.2) is 53.9 Å². The van der Waals surface area contributed by atoms with Crippen molar-refractivity contribution in [1.82, 2.24) is 4.98 Å². The lowest BCUT2D eigenvalue weighted by atomic mass is 10.1. The van der Waals surface area contributed by atoms with Gasteiger partial charge in [0.25, 0.3) is 0 Å². The molecule has 1 aromatic carbocycles. The van der Waals surface area contributed by atoms with Crippen molar-refractivity contribution < 1.29 is 9.53 Å². The molecule has 0 saturated heterocycles. The first-order valence-electron chi connectivity index (χ1n) is 8.04. The molecule has 2 N–H and O–H groups in total. The summed E-state index contributed by atoms with van der Waals surface area (Å²) in [5.74, 6) is 0.779. The Bertz CT molecular complexity index is 1070. The number of benzene rings is 1. The summed E-state index contributed by atoms with van der Waals surface area (Å²) >= 11 is 3.00. The molecule has 0 aliphatic carbocycles. The second-order valence-corrected chi connectivity index (χ2v) is 7.77. The number of ether oxygens (including phenoxy) is 1. The summed E-state index contributed by atoms with van der Waals surface area (Å²) in [6, 6.07) is 15.4. The van der Waals surface area contributed by atoms with Crippen LogP contribution in [-0.2, 0) is 6.42 Å². The van der Waals surface area contributed by atoms with Crippen molar-refractivity contribution in [3.8, 4) is 16.3 Å². The molecule has 4 rings (SSSR count). The van der Waals surface area contributed by atoms with Crippen LogP contribution in [-0.4, -0.2) is 17.9 Å². The minimum Gasteiger partial charge on any atom is -0.497 e. The van der Waals surface area contributed by atoms with E-state index >= 15 is 0 Å². The number of thiophene rings is 2. The van der Waals surface area contributed by atoms with Gasteiger partial charge in [-0.2, -0.15) is 0 Å². The fourth-order valence-electron chi connectivity index (χ4n) is 2.77. The molecule has 130 valence electrons. The van der Waals surface area contributed by atoms with Crippen LogP contribution in [0.4, 0.5) is 5.69 Å². The predicted octanol–water partition coefficient (Wildman–Crippen LogP) is 5.04. The molecule has 0 spiro atoms. The van der Waals surface area contributed by atoms with E-state index in [4.69, 9.17) is 15.5 Å². The van der Waals surface area contributed by atoms with Crippen LogP contribution >= 0.6 is 22.7 Å². The Balaban J connectivity index is 1.64. The van der Waals surface area contributed by atoms with Gasteiger partial charge in [-0.25, -0.2) is 4.98 Å². The highest BCUT2D eigenvalue weighted by Crippen LogP contribution is 2.35. The first kappa shape index (κ1) is 16.8. The molecule has 0 unspecified atom stereocenters. The Morgan fingerprint density at radius 1 is 1.15 bits per heavy atom. The van der Waals surface area contributed by atoms with Gasteiger partial charge in [0.2, 0.25) is 0 Å². The first-order chi connectivity index (χ1) is 12.7. The van der Waals surface area contributed by atoms with Crippen molar-refractivity contribution in [1.29, 1.82) is 0 Å². The molecule has 26 heavy (non-hydrogen) atoms. The lowest BCUT2D eigenvalue weighted by Gasteiger charge is -2.03.